The van der Waals surface area contributed by atoms with Crippen molar-refractivity contribution in [3.05, 3.63) is 40.8 Å². The highest BCUT2D eigenvalue weighted by Crippen LogP contribution is 2.09. The van der Waals surface area contributed by atoms with Crippen LogP contribution in [0.1, 0.15) is 0 Å². The van der Waals surface area contributed by atoms with Crippen LogP contribution in [0, 0.1) is 0 Å². The fourth-order valence-corrected chi connectivity index (χ4v) is 1.61. The lowest BCUT2D eigenvalue weighted by atomic mass is 9.78. The molecule has 1 aromatic carbocycles. The minimum atomic E-state index is -0.406. The van der Waals surface area contributed by atoms with Crippen LogP contribution in [0.15, 0.2) is 39.5 Å². The molecule has 0 aliphatic carbocycles. The SMILES string of the molecule is COB(OC)c1ccc2oc(=O)ccc2c1. The van der Waals surface area contributed by atoms with Gasteiger partial charge < -0.3 is 13.7 Å². The maximum absolute atomic E-state index is 11.0. The summed E-state index contributed by atoms with van der Waals surface area (Å²) in [5.74, 6) is 0. The lowest BCUT2D eigenvalue weighted by Gasteiger charge is -2.08. The van der Waals surface area contributed by atoms with Crippen molar-refractivity contribution in [3.8, 4) is 0 Å². The number of benzene rings is 1. The Morgan fingerprint density at radius 1 is 1.12 bits per heavy atom. The Morgan fingerprint density at radius 3 is 2.56 bits per heavy atom. The molecule has 1 heterocycles. The van der Waals surface area contributed by atoms with Gasteiger partial charge in [-0.1, -0.05) is 12.1 Å². The van der Waals surface area contributed by atoms with Gasteiger partial charge in [0.2, 0.25) is 0 Å². The van der Waals surface area contributed by atoms with Gasteiger partial charge in [-0.05, 0) is 17.6 Å². The minimum absolute atomic E-state index is 0.352. The van der Waals surface area contributed by atoms with Crippen LogP contribution in [0.5, 0.6) is 0 Å². The summed E-state index contributed by atoms with van der Waals surface area (Å²) in [5, 5.41) is 0.844. The maximum atomic E-state index is 11.0. The lowest BCUT2D eigenvalue weighted by Crippen LogP contribution is -2.34. The lowest BCUT2D eigenvalue weighted by molar-refractivity contribution is 0.292. The number of rotatable bonds is 3. The predicted molar refractivity (Wildman–Crippen MR) is 61.9 cm³/mol. The molecule has 2 aromatic rings. The fourth-order valence-electron chi connectivity index (χ4n) is 1.61. The van der Waals surface area contributed by atoms with E-state index in [9.17, 15) is 4.79 Å². The summed E-state index contributed by atoms with van der Waals surface area (Å²) >= 11 is 0. The van der Waals surface area contributed by atoms with Crippen LogP contribution >= 0.6 is 0 Å². The predicted octanol–water partition coefficient (Wildman–Crippen LogP) is 0.781. The number of hydrogen-bond acceptors (Lipinski definition) is 4. The van der Waals surface area contributed by atoms with Gasteiger partial charge in [-0.15, -0.1) is 0 Å². The molecule has 0 fully saturated rings. The Bertz CT molecular complexity index is 545. The van der Waals surface area contributed by atoms with Crippen molar-refractivity contribution in [2.75, 3.05) is 14.2 Å². The summed E-state index contributed by atoms with van der Waals surface area (Å²) in [6.07, 6.45) is 0. The third kappa shape index (κ3) is 2.00. The van der Waals surface area contributed by atoms with E-state index in [1.165, 1.54) is 6.07 Å². The van der Waals surface area contributed by atoms with Crippen molar-refractivity contribution < 1.29 is 13.7 Å². The molecule has 0 N–H and O–H groups in total. The third-order valence-electron chi connectivity index (χ3n) is 2.34. The topological polar surface area (TPSA) is 48.7 Å². The van der Waals surface area contributed by atoms with Gasteiger partial charge in [0.15, 0.2) is 0 Å². The quantitative estimate of drug-likeness (QED) is 0.564. The van der Waals surface area contributed by atoms with E-state index in [-0.39, 0.29) is 5.63 Å². The standard InChI is InChI=1S/C11H11BO4/c1-14-12(15-2)9-4-5-10-8(7-9)3-6-11(13)16-10/h3-7H,1-2H3. The molecule has 1 aromatic heterocycles. The molecule has 0 aliphatic rings. The highest BCUT2D eigenvalue weighted by atomic mass is 16.6. The van der Waals surface area contributed by atoms with Crippen molar-refractivity contribution in [3.63, 3.8) is 0 Å². The van der Waals surface area contributed by atoms with Gasteiger partial charge in [0, 0.05) is 25.7 Å². The van der Waals surface area contributed by atoms with Crippen molar-refractivity contribution in [2.45, 2.75) is 0 Å². The maximum Gasteiger partial charge on any atom is 0.493 e. The van der Waals surface area contributed by atoms with E-state index in [1.807, 2.05) is 12.1 Å². The average molecular weight is 218 g/mol. The molecule has 0 unspecified atom stereocenters. The second-order valence-corrected chi connectivity index (χ2v) is 3.36. The van der Waals surface area contributed by atoms with E-state index in [1.54, 1.807) is 26.4 Å². The molecule has 0 saturated heterocycles. The molecule has 0 saturated carbocycles. The first-order valence-corrected chi connectivity index (χ1v) is 4.84. The molecular weight excluding hydrogens is 207 g/mol. The molecule has 4 nitrogen and oxygen atoms in total. The second kappa shape index (κ2) is 4.51. The van der Waals surface area contributed by atoms with Crippen LogP contribution in [0.2, 0.25) is 0 Å². The first-order chi connectivity index (χ1) is 7.74. The Labute approximate surface area is 92.9 Å². The first-order valence-electron chi connectivity index (χ1n) is 4.84. The molecule has 0 aliphatic heterocycles. The Hall–Kier alpha value is -1.59. The van der Waals surface area contributed by atoms with Gasteiger partial charge in [0.05, 0.1) is 0 Å². The first kappa shape index (κ1) is 10.9. The van der Waals surface area contributed by atoms with E-state index >= 15 is 0 Å². The Morgan fingerprint density at radius 2 is 1.88 bits per heavy atom. The van der Waals surface area contributed by atoms with E-state index in [4.69, 9.17) is 13.7 Å². The Balaban J connectivity index is 2.51. The zero-order valence-corrected chi connectivity index (χ0v) is 9.10. The molecule has 0 bridgehead atoms. The summed E-state index contributed by atoms with van der Waals surface area (Å²) in [4.78, 5) is 11.0. The smallest absolute Gasteiger partial charge is 0.423 e. The molecule has 5 heteroatoms. The summed E-state index contributed by atoms with van der Waals surface area (Å²) in [7, 11) is 2.74. The fraction of sp³-hybridized carbons (Fsp3) is 0.182. The van der Waals surface area contributed by atoms with Gasteiger partial charge in [-0.3, -0.25) is 0 Å². The van der Waals surface area contributed by atoms with Crippen molar-refractivity contribution in [2.24, 2.45) is 0 Å². The molecule has 0 atom stereocenters. The monoisotopic (exact) mass is 218 g/mol. The van der Waals surface area contributed by atoms with Crippen molar-refractivity contribution in [1.29, 1.82) is 0 Å². The molecule has 0 spiro atoms. The van der Waals surface area contributed by atoms with E-state index in [2.05, 4.69) is 0 Å². The third-order valence-corrected chi connectivity index (χ3v) is 2.34. The normalized spacial score (nSPS) is 10.6. The van der Waals surface area contributed by atoms with E-state index in [0.29, 0.717) is 5.58 Å². The number of hydrogen-bond donors (Lipinski definition) is 0. The van der Waals surface area contributed by atoms with Crippen molar-refractivity contribution >= 4 is 23.6 Å². The van der Waals surface area contributed by atoms with Gasteiger partial charge in [-0.25, -0.2) is 4.79 Å². The zero-order chi connectivity index (χ0) is 11.5. The number of fused-ring (bicyclic) bond motifs is 1. The van der Waals surface area contributed by atoms with Crippen LogP contribution in [-0.2, 0) is 9.31 Å². The average Bonchev–Trinajstić information content (AvgIpc) is 2.31. The van der Waals surface area contributed by atoms with E-state index < -0.39 is 7.12 Å². The highest BCUT2D eigenvalue weighted by Gasteiger charge is 2.18. The van der Waals surface area contributed by atoms with E-state index in [0.717, 1.165) is 10.8 Å². The van der Waals surface area contributed by atoms with Crippen LogP contribution in [0.3, 0.4) is 0 Å². The molecule has 0 radical (unpaired) electrons. The van der Waals surface area contributed by atoms with Crippen LogP contribution < -0.4 is 11.1 Å². The zero-order valence-electron chi connectivity index (χ0n) is 9.10. The summed E-state index contributed by atoms with van der Waals surface area (Å²) < 4.78 is 15.3. The Kier molecular flexibility index (Phi) is 3.08. The molecule has 0 amide bonds. The summed E-state index contributed by atoms with van der Waals surface area (Å²) in [5.41, 5.74) is 1.09. The summed E-state index contributed by atoms with van der Waals surface area (Å²) in [6.45, 7) is 0. The largest absolute Gasteiger partial charge is 0.493 e. The van der Waals surface area contributed by atoms with Gasteiger partial charge in [0.1, 0.15) is 5.58 Å². The summed E-state index contributed by atoms with van der Waals surface area (Å²) in [6, 6.07) is 8.52. The van der Waals surface area contributed by atoms with Crippen LogP contribution in [-0.4, -0.2) is 21.3 Å². The van der Waals surface area contributed by atoms with Gasteiger partial charge in [-0.2, -0.15) is 0 Å². The molecule has 82 valence electrons. The van der Waals surface area contributed by atoms with Crippen LogP contribution in [0.25, 0.3) is 11.0 Å². The second-order valence-electron chi connectivity index (χ2n) is 3.36. The highest BCUT2D eigenvalue weighted by molar-refractivity contribution is 6.61. The van der Waals surface area contributed by atoms with Crippen LogP contribution in [0.4, 0.5) is 0 Å². The minimum Gasteiger partial charge on any atom is -0.423 e. The molecule has 16 heavy (non-hydrogen) atoms. The molecular formula is C11H11BO4. The van der Waals surface area contributed by atoms with Gasteiger partial charge >= 0.3 is 12.7 Å². The molecule has 2 rings (SSSR count). The van der Waals surface area contributed by atoms with Crippen molar-refractivity contribution in [1.82, 2.24) is 0 Å². The van der Waals surface area contributed by atoms with Gasteiger partial charge in [0.25, 0.3) is 0 Å².